The molecule has 0 amide bonds. The van der Waals surface area contributed by atoms with Crippen LogP contribution in [-0.4, -0.2) is 16.7 Å². The Kier molecular flexibility index (Phi) is 4.29. The van der Waals surface area contributed by atoms with Gasteiger partial charge >= 0.3 is 0 Å². The number of aryl methyl sites for hydroxylation is 1. The van der Waals surface area contributed by atoms with Crippen molar-refractivity contribution < 1.29 is 4.74 Å². The molecular formula is C12H13Br2N3O. The van der Waals surface area contributed by atoms with Gasteiger partial charge < -0.3 is 14.6 Å². The minimum atomic E-state index is 0.708. The average Bonchev–Trinajstić information content (AvgIpc) is 2.74. The van der Waals surface area contributed by atoms with Gasteiger partial charge in [0.25, 0.3) is 0 Å². The van der Waals surface area contributed by atoms with Gasteiger partial charge in [-0.1, -0.05) is 0 Å². The molecule has 0 saturated carbocycles. The molecule has 0 saturated heterocycles. The maximum Gasteiger partial charge on any atom is 0.135 e. The predicted molar refractivity (Wildman–Crippen MR) is 78.9 cm³/mol. The molecule has 6 heteroatoms. The van der Waals surface area contributed by atoms with E-state index < -0.39 is 0 Å². The van der Waals surface area contributed by atoms with Crippen LogP contribution in [0.25, 0.3) is 0 Å². The number of hydrogen-bond acceptors (Lipinski definition) is 3. The van der Waals surface area contributed by atoms with E-state index in [-0.39, 0.29) is 0 Å². The summed E-state index contributed by atoms with van der Waals surface area (Å²) in [5.41, 5.74) is 2.10. The first-order valence-electron chi connectivity index (χ1n) is 5.34. The SMILES string of the molecule is COc1cc(NCc2cncn2C)c(Br)cc1Br. The summed E-state index contributed by atoms with van der Waals surface area (Å²) < 4.78 is 9.16. The van der Waals surface area contributed by atoms with Gasteiger partial charge in [-0.25, -0.2) is 4.98 Å². The van der Waals surface area contributed by atoms with Gasteiger partial charge in [0.2, 0.25) is 0 Å². The van der Waals surface area contributed by atoms with Gasteiger partial charge in [0.1, 0.15) is 5.75 Å². The molecule has 0 unspecified atom stereocenters. The number of hydrogen-bond donors (Lipinski definition) is 1. The molecule has 0 aliphatic heterocycles. The number of nitrogens with zero attached hydrogens (tertiary/aromatic N) is 2. The van der Waals surface area contributed by atoms with Crippen molar-refractivity contribution in [1.29, 1.82) is 0 Å². The van der Waals surface area contributed by atoms with E-state index in [1.807, 2.05) is 29.9 Å². The Morgan fingerprint density at radius 1 is 1.33 bits per heavy atom. The maximum atomic E-state index is 5.28. The van der Waals surface area contributed by atoms with E-state index in [4.69, 9.17) is 4.74 Å². The van der Waals surface area contributed by atoms with Crippen molar-refractivity contribution in [2.75, 3.05) is 12.4 Å². The highest BCUT2D eigenvalue weighted by molar-refractivity contribution is 9.11. The van der Waals surface area contributed by atoms with E-state index in [0.29, 0.717) is 6.54 Å². The summed E-state index contributed by atoms with van der Waals surface area (Å²) in [4.78, 5) is 4.08. The second kappa shape index (κ2) is 5.75. The van der Waals surface area contributed by atoms with E-state index >= 15 is 0 Å². The fourth-order valence-electron chi connectivity index (χ4n) is 1.56. The summed E-state index contributed by atoms with van der Waals surface area (Å²) in [5, 5.41) is 3.35. The quantitative estimate of drug-likeness (QED) is 0.889. The normalized spacial score (nSPS) is 10.4. The van der Waals surface area contributed by atoms with Gasteiger partial charge in [-0.3, -0.25) is 0 Å². The first kappa shape index (κ1) is 13.4. The van der Waals surface area contributed by atoms with E-state index in [1.54, 1.807) is 13.4 Å². The molecule has 0 fully saturated rings. The molecular weight excluding hydrogens is 362 g/mol. The first-order chi connectivity index (χ1) is 8.61. The second-order valence-corrected chi connectivity index (χ2v) is 5.52. The summed E-state index contributed by atoms with van der Waals surface area (Å²) in [7, 11) is 3.63. The molecule has 0 bridgehead atoms. The largest absolute Gasteiger partial charge is 0.495 e. The van der Waals surface area contributed by atoms with Crippen LogP contribution >= 0.6 is 31.9 Å². The molecule has 18 heavy (non-hydrogen) atoms. The summed E-state index contributed by atoms with van der Waals surface area (Å²) >= 11 is 6.97. The van der Waals surface area contributed by atoms with E-state index in [0.717, 1.165) is 26.1 Å². The maximum absolute atomic E-state index is 5.28. The smallest absolute Gasteiger partial charge is 0.135 e. The minimum Gasteiger partial charge on any atom is -0.495 e. The van der Waals surface area contributed by atoms with Crippen LogP contribution in [-0.2, 0) is 13.6 Å². The van der Waals surface area contributed by atoms with Gasteiger partial charge in [-0.15, -0.1) is 0 Å². The van der Waals surface area contributed by atoms with E-state index in [9.17, 15) is 0 Å². The molecule has 1 aromatic heterocycles. The Balaban J connectivity index is 2.16. The van der Waals surface area contributed by atoms with E-state index in [2.05, 4.69) is 42.2 Å². The van der Waals surface area contributed by atoms with Gasteiger partial charge in [0, 0.05) is 23.8 Å². The highest BCUT2D eigenvalue weighted by Gasteiger charge is 2.07. The number of rotatable bonds is 4. The first-order valence-corrected chi connectivity index (χ1v) is 6.92. The number of ether oxygens (including phenoxy) is 1. The zero-order valence-corrected chi connectivity index (χ0v) is 13.2. The third-order valence-electron chi connectivity index (χ3n) is 2.62. The minimum absolute atomic E-state index is 0.708. The van der Waals surface area contributed by atoms with Crippen molar-refractivity contribution >= 4 is 37.5 Å². The third kappa shape index (κ3) is 2.87. The summed E-state index contributed by atoms with van der Waals surface area (Å²) in [6.07, 6.45) is 3.63. The van der Waals surface area contributed by atoms with E-state index in [1.165, 1.54) is 0 Å². The number of imidazole rings is 1. The fourth-order valence-corrected chi connectivity index (χ4v) is 2.86. The lowest BCUT2D eigenvalue weighted by Gasteiger charge is -2.12. The molecule has 1 N–H and O–H groups in total. The molecule has 4 nitrogen and oxygen atoms in total. The third-order valence-corrected chi connectivity index (χ3v) is 3.89. The molecule has 0 spiro atoms. The van der Waals surface area contributed by atoms with Crippen LogP contribution < -0.4 is 10.1 Å². The van der Waals surface area contributed by atoms with Crippen molar-refractivity contribution in [2.24, 2.45) is 7.05 Å². The number of methoxy groups -OCH3 is 1. The van der Waals surface area contributed by atoms with Crippen molar-refractivity contribution in [3.63, 3.8) is 0 Å². The highest BCUT2D eigenvalue weighted by Crippen LogP contribution is 2.34. The predicted octanol–water partition coefficient (Wildman–Crippen LogP) is 3.57. The zero-order chi connectivity index (χ0) is 13.1. The van der Waals surface area contributed by atoms with Gasteiger partial charge in [0.15, 0.2) is 0 Å². The lowest BCUT2D eigenvalue weighted by atomic mass is 10.3. The van der Waals surface area contributed by atoms with Crippen LogP contribution in [0, 0.1) is 0 Å². The zero-order valence-electron chi connectivity index (χ0n) is 10.1. The van der Waals surface area contributed by atoms with Gasteiger partial charge in [0.05, 0.1) is 35.8 Å². The molecule has 1 heterocycles. The molecule has 2 rings (SSSR count). The number of anilines is 1. The van der Waals surface area contributed by atoms with Crippen LogP contribution in [0.1, 0.15) is 5.69 Å². The number of halogens is 2. The van der Waals surface area contributed by atoms with Gasteiger partial charge in [-0.2, -0.15) is 0 Å². The van der Waals surface area contributed by atoms with Crippen LogP contribution in [0.15, 0.2) is 33.6 Å². The van der Waals surface area contributed by atoms with Crippen LogP contribution in [0.2, 0.25) is 0 Å². The number of benzene rings is 1. The van der Waals surface area contributed by atoms with Crippen LogP contribution in [0.5, 0.6) is 5.75 Å². The number of nitrogens with one attached hydrogen (secondary N) is 1. The Bertz CT molecular complexity index is 554. The van der Waals surface area contributed by atoms with Crippen molar-refractivity contribution in [3.05, 3.63) is 39.3 Å². The van der Waals surface area contributed by atoms with Crippen LogP contribution in [0.4, 0.5) is 5.69 Å². The Morgan fingerprint density at radius 2 is 2.11 bits per heavy atom. The van der Waals surface area contributed by atoms with Gasteiger partial charge in [-0.05, 0) is 37.9 Å². The Labute approximate surface area is 123 Å². The summed E-state index contributed by atoms with van der Waals surface area (Å²) in [6, 6.07) is 3.91. The van der Waals surface area contributed by atoms with Crippen molar-refractivity contribution in [1.82, 2.24) is 9.55 Å². The fraction of sp³-hybridized carbons (Fsp3) is 0.250. The Hall–Kier alpha value is -1.01. The molecule has 1 aromatic carbocycles. The standard InChI is InChI=1S/C12H13Br2N3O/c1-17-7-15-5-8(17)6-16-11-4-12(18-2)10(14)3-9(11)13/h3-5,7,16H,6H2,1-2H3. The lowest BCUT2D eigenvalue weighted by molar-refractivity contribution is 0.412. The lowest BCUT2D eigenvalue weighted by Crippen LogP contribution is -2.04. The second-order valence-electron chi connectivity index (χ2n) is 3.82. The monoisotopic (exact) mass is 373 g/mol. The Morgan fingerprint density at radius 3 is 2.72 bits per heavy atom. The average molecular weight is 375 g/mol. The highest BCUT2D eigenvalue weighted by atomic mass is 79.9. The van der Waals surface area contributed by atoms with Crippen molar-refractivity contribution in [3.8, 4) is 5.75 Å². The molecule has 0 aliphatic carbocycles. The summed E-state index contributed by atoms with van der Waals surface area (Å²) in [5.74, 6) is 0.797. The topological polar surface area (TPSA) is 39.1 Å². The molecule has 0 atom stereocenters. The van der Waals surface area contributed by atoms with Crippen LogP contribution in [0.3, 0.4) is 0 Å². The number of aromatic nitrogens is 2. The molecule has 0 radical (unpaired) electrons. The summed E-state index contributed by atoms with van der Waals surface area (Å²) in [6.45, 7) is 0.708. The molecule has 96 valence electrons. The van der Waals surface area contributed by atoms with Crippen molar-refractivity contribution in [2.45, 2.75) is 6.54 Å². The molecule has 0 aliphatic rings. The molecule has 2 aromatic rings.